The Hall–Kier alpha value is -1.89. The molecule has 1 amide bonds. The lowest BCUT2D eigenvalue weighted by atomic mass is 10.0. The van der Waals surface area contributed by atoms with Gasteiger partial charge in [0.1, 0.15) is 11.9 Å². The molecule has 1 aliphatic heterocycles. The van der Waals surface area contributed by atoms with Crippen molar-refractivity contribution in [1.29, 1.82) is 5.26 Å². The first kappa shape index (κ1) is 12.6. The van der Waals surface area contributed by atoms with Crippen molar-refractivity contribution in [3.63, 3.8) is 0 Å². The largest absolute Gasteiger partial charge is 0.326 e. The van der Waals surface area contributed by atoms with Gasteiger partial charge in [-0.05, 0) is 37.0 Å². The van der Waals surface area contributed by atoms with Crippen LogP contribution in [0.3, 0.4) is 0 Å². The molecule has 1 saturated heterocycles. The molecule has 0 N–H and O–H groups in total. The van der Waals surface area contributed by atoms with Gasteiger partial charge in [-0.25, -0.2) is 4.39 Å². The fourth-order valence-corrected chi connectivity index (χ4v) is 2.24. The third kappa shape index (κ3) is 2.86. The van der Waals surface area contributed by atoms with Gasteiger partial charge in [-0.2, -0.15) is 5.26 Å². The summed E-state index contributed by atoms with van der Waals surface area (Å²) in [6.07, 6.45) is 2.94. The molecular weight excluding hydrogens is 231 g/mol. The van der Waals surface area contributed by atoms with Crippen molar-refractivity contribution < 1.29 is 9.18 Å². The Morgan fingerprint density at radius 2 is 2.11 bits per heavy atom. The first-order valence-corrected chi connectivity index (χ1v) is 6.14. The van der Waals surface area contributed by atoms with E-state index in [1.54, 1.807) is 17.0 Å². The van der Waals surface area contributed by atoms with Crippen LogP contribution in [0, 0.1) is 17.1 Å². The minimum Gasteiger partial charge on any atom is -0.326 e. The molecule has 94 valence electrons. The Bertz CT molecular complexity index is 464. The van der Waals surface area contributed by atoms with Crippen LogP contribution in [0.25, 0.3) is 0 Å². The van der Waals surface area contributed by atoms with Crippen LogP contribution < -0.4 is 0 Å². The van der Waals surface area contributed by atoms with Crippen molar-refractivity contribution in [1.82, 2.24) is 4.90 Å². The Kier molecular flexibility index (Phi) is 3.93. The Morgan fingerprint density at radius 3 is 2.78 bits per heavy atom. The van der Waals surface area contributed by atoms with E-state index in [0.717, 1.165) is 24.8 Å². The summed E-state index contributed by atoms with van der Waals surface area (Å²) in [6, 6.07) is 7.79. The zero-order valence-electron chi connectivity index (χ0n) is 10.1. The molecule has 1 unspecified atom stereocenters. The Morgan fingerprint density at radius 1 is 1.39 bits per heavy atom. The summed E-state index contributed by atoms with van der Waals surface area (Å²) in [4.78, 5) is 13.7. The van der Waals surface area contributed by atoms with Gasteiger partial charge in [-0.15, -0.1) is 0 Å². The molecular formula is C14H15FN2O. The number of likely N-dealkylation sites (tertiary alicyclic amines) is 1. The SMILES string of the molecule is N#CC1CCCCN1C(=O)Cc1ccc(F)cc1. The standard InChI is InChI=1S/C14H15FN2O/c15-12-6-4-11(5-7-12)9-14(18)17-8-2-1-3-13(17)10-16/h4-7,13H,1-3,8-9H2. The third-order valence-corrected chi connectivity index (χ3v) is 3.24. The second-order valence-corrected chi connectivity index (χ2v) is 4.53. The quantitative estimate of drug-likeness (QED) is 0.803. The fourth-order valence-electron chi connectivity index (χ4n) is 2.24. The molecule has 0 saturated carbocycles. The first-order chi connectivity index (χ1) is 8.70. The zero-order chi connectivity index (χ0) is 13.0. The molecule has 0 aliphatic carbocycles. The van der Waals surface area contributed by atoms with Crippen molar-refractivity contribution >= 4 is 5.91 Å². The topological polar surface area (TPSA) is 44.1 Å². The lowest BCUT2D eigenvalue weighted by molar-refractivity contribution is -0.132. The lowest BCUT2D eigenvalue weighted by Gasteiger charge is -2.31. The van der Waals surface area contributed by atoms with E-state index in [1.165, 1.54) is 12.1 Å². The molecule has 0 spiro atoms. The molecule has 4 heteroatoms. The molecule has 1 heterocycles. The normalized spacial score (nSPS) is 19.3. The number of amides is 1. The average Bonchev–Trinajstić information content (AvgIpc) is 2.41. The number of hydrogen-bond donors (Lipinski definition) is 0. The number of nitrogens with zero attached hydrogens (tertiary/aromatic N) is 2. The number of halogens is 1. The van der Waals surface area contributed by atoms with Crippen molar-refractivity contribution in [2.24, 2.45) is 0 Å². The summed E-state index contributed by atoms with van der Waals surface area (Å²) in [6.45, 7) is 0.651. The maximum absolute atomic E-state index is 12.8. The number of nitriles is 1. The van der Waals surface area contributed by atoms with Gasteiger partial charge in [0.15, 0.2) is 0 Å². The van der Waals surface area contributed by atoms with Crippen LogP contribution in [-0.4, -0.2) is 23.4 Å². The van der Waals surface area contributed by atoms with Gasteiger partial charge < -0.3 is 4.90 Å². The van der Waals surface area contributed by atoms with Crippen LogP contribution in [0.4, 0.5) is 4.39 Å². The fraction of sp³-hybridized carbons (Fsp3) is 0.429. The molecule has 1 atom stereocenters. The summed E-state index contributed by atoms with van der Waals surface area (Å²) in [5.74, 6) is -0.355. The van der Waals surface area contributed by atoms with Crippen molar-refractivity contribution in [2.75, 3.05) is 6.54 Å². The highest BCUT2D eigenvalue weighted by Gasteiger charge is 2.26. The predicted octanol–water partition coefficient (Wildman–Crippen LogP) is 2.27. The summed E-state index contributed by atoms with van der Waals surface area (Å²) in [5, 5.41) is 9.02. The van der Waals surface area contributed by atoms with Gasteiger partial charge >= 0.3 is 0 Å². The van der Waals surface area contributed by atoms with E-state index in [4.69, 9.17) is 5.26 Å². The highest BCUT2D eigenvalue weighted by Crippen LogP contribution is 2.17. The summed E-state index contributed by atoms with van der Waals surface area (Å²) < 4.78 is 12.8. The van der Waals surface area contributed by atoms with Crippen molar-refractivity contribution in [3.05, 3.63) is 35.6 Å². The third-order valence-electron chi connectivity index (χ3n) is 3.24. The number of carbonyl (C=O) groups excluding carboxylic acids is 1. The molecule has 1 aromatic carbocycles. The van der Waals surface area contributed by atoms with Gasteiger partial charge in [0, 0.05) is 6.54 Å². The molecule has 0 radical (unpaired) electrons. The molecule has 1 aliphatic rings. The summed E-state index contributed by atoms with van der Waals surface area (Å²) in [5.41, 5.74) is 0.781. The average molecular weight is 246 g/mol. The maximum atomic E-state index is 12.8. The van der Waals surface area contributed by atoms with E-state index in [2.05, 4.69) is 6.07 Å². The molecule has 1 fully saturated rings. The highest BCUT2D eigenvalue weighted by atomic mass is 19.1. The first-order valence-electron chi connectivity index (χ1n) is 6.14. The van der Waals surface area contributed by atoms with Crippen LogP contribution in [0.5, 0.6) is 0 Å². The Balaban J connectivity index is 2.02. The monoisotopic (exact) mass is 246 g/mol. The summed E-state index contributed by atoms with van der Waals surface area (Å²) in [7, 11) is 0. The minimum absolute atomic E-state index is 0.0483. The van der Waals surface area contributed by atoms with Crippen LogP contribution in [0.15, 0.2) is 24.3 Å². The van der Waals surface area contributed by atoms with E-state index in [9.17, 15) is 9.18 Å². The number of carbonyl (C=O) groups is 1. The number of benzene rings is 1. The van der Waals surface area contributed by atoms with Gasteiger partial charge in [0.05, 0.1) is 12.5 Å². The van der Waals surface area contributed by atoms with Gasteiger partial charge in [0.25, 0.3) is 0 Å². The number of hydrogen-bond acceptors (Lipinski definition) is 2. The number of piperidine rings is 1. The van der Waals surface area contributed by atoms with Gasteiger partial charge in [0.2, 0.25) is 5.91 Å². The van der Waals surface area contributed by atoms with E-state index in [0.29, 0.717) is 6.54 Å². The van der Waals surface area contributed by atoms with Crippen LogP contribution in [0.2, 0.25) is 0 Å². The molecule has 1 aromatic rings. The van der Waals surface area contributed by atoms with Gasteiger partial charge in [-0.1, -0.05) is 12.1 Å². The van der Waals surface area contributed by atoms with E-state index in [1.807, 2.05) is 0 Å². The zero-order valence-corrected chi connectivity index (χ0v) is 10.1. The van der Waals surface area contributed by atoms with E-state index in [-0.39, 0.29) is 24.2 Å². The van der Waals surface area contributed by atoms with Gasteiger partial charge in [-0.3, -0.25) is 4.79 Å². The summed E-state index contributed by atoms with van der Waals surface area (Å²) >= 11 is 0. The second-order valence-electron chi connectivity index (χ2n) is 4.53. The lowest BCUT2D eigenvalue weighted by Crippen LogP contribution is -2.43. The van der Waals surface area contributed by atoms with Crippen LogP contribution in [-0.2, 0) is 11.2 Å². The van der Waals surface area contributed by atoms with Crippen LogP contribution >= 0.6 is 0 Å². The van der Waals surface area contributed by atoms with Crippen LogP contribution in [0.1, 0.15) is 24.8 Å². The molecule has 2 rings (SSSR count). The van der Waals surface area contributed by atoms with E-state index < -0.39 is 0 Å². The smallest absolute Gasteiger partial charge is 0.228 e. The van der Waals surface area contributed by atoms with E-state index >= 15 is 0 Å². The minimum atomic E-state index is -0.306. The predicted molar refractivity (Wildman–Crippen MR) is 65.1 cm³/mol. The molecule has 18 heavy (non-hydrogen) atoms. The highest BCUT2D eigenvalue weighted by molar-refractivity contribution is 5.79. The molecule has 0 aromatic heterocycles. The second kappa shape index (κ2) is 5.63. The molecule has 3 nitrogen and oxygen atoms in total. The Labute approximate surface area is 106 Å². The van der Waals surface area contributed by atoms with Crippen molar-refractivity contribution in [3.8, 4) is 6.07 Å². The maximum Gasteiger partial charge on any atom is 0.228 e. The number of rotatable bonds is 2. The van der Waals surface area contributed by atoms with Crippen molar-refractivity contribution in [2.45, 2.75) is 31.7 Å². The molecule has 0 bridgehead atoms.